The van der Waals surface area contributed by atoms with Gasteiger partial charge in [-0.3, -0.25) is 9.59 Å². The molecule has 0 N–H and O–H groups in total. The van der Waals surface area contributed by atoms with Gasteiger partial charge in [0.1, 0.15) is 6.04 Å². The van der Waals surface area contributed by atoms with Gasteiger partial charge in [-0.05, 0) is 25.0 Å². The topological polar surface area (TPSA) is 40.6 Å². The second kappa shape index (κ2) is 6.67. The Hall–Kier alpha value is -1.26. The van der Waals surface area contributed by atoms with Crippen LogP contribution in [0.15, 0.2) is 18.2 Å². The molecule has 1 heterocycles. The minimum absolute atomic E-state index is 0.0189. The zero-order valence-corrected chi connectivity index (χ0v) is 13.6. The molecule has 0 radical (unpaired) electrons. The van der Waals surface area contributed by atoms with Crippen molar-refractivity contribution in [2.45, 2.75) is 32.9 Å². The maximum absolute atomic E-state index is 12.3. The summed E-state index contributed by atoms with van der Waals surface area (Å²) >= 11 is 12.1. The van der Waals surface area contributed by atoms with Gasteiger partial charge in [-0.25, -0.2) is 0 Å². The van der Waals surface area contributed by atoms with E-state index in [9.17, 15) is 9.59 Å². The van der Waals surface area contributed by atoms with E-state index in [1.807, 2.05) is 13.0 Å². The molecule has 2 rings (SSSR count). The molecule has 1 fully saturated rings. The van der Waals surface area contributed by atoms with Crippen molar-refractivity contribution in [2.24, 2.45) is 0 Å². The normalized spacial score (nSPS) is 19.3. The molecule has 2 amide bonds. The summed E-state index contributed by atoms with van der Waals surface area (Å²) in [6.45, 7) is 4.78. The summed E-state index contributed by atoms with van der Waals surface area (Å²) in [6, 6.07) is 4.82. The van der Waals surface area contributed by atoms with Crippen molar-refractivity contribution >= 4 is 35.0 Å². The smallest absolute Gasteiger partial charge is 0.245 e. The van der Waals surface area contributed by atoms with Gasteiger partial charge in [0.25, 0.3) is 0 Å². The highest BCUT2D eigenvalue weighted by Gasteiger charge is 2.36. The minimum atomic E-state index is -0.479. The molecule has 0 aromatic heterocycles. The Kier molecular flexibility index (Phi) is 5.12. The molecular weight excluding hydrogens is 311 g/mol. The molecular formula is C15H18Cl2N2O2. The fourth-order valence-electron chi connectivity index (χ4n) is 2.48. The molecule has 0 aliphatic carbocycles. The Bertz CT molecular complexity index is 563. The highest BCUT2D eigenvalue weighted by atomic mass is 35.5. The van der Waals surface area contributed by atoms with Gasteiger partial charge in [-0.15, -0.1) is 0 Å². The summed E-state index contributed by atoms with van der Waals surface area (Å²) in [4.78, 5) is 27.8. The highest BCUT2D eigenvalue weighted by Crippen LogP contribution is 2.27. The van der Waals surface area contributed by atoms with Crippen molar-refractivity contribution in [3.63, 3.8) is 0 Å². The van der Waals surface area contributed by atoms with Crippen LogP contribution < -0.4 is 0 Å². The first-order chi connectivity index (χ1) is 9.95. The maximum atomic E-state index is 12.3. The second-order valence-electron chi connectivity index (χ2n) is 5.17. The van der Waals surface area contributed by atoms with Gasteiger partial charge in [0.05, 0.1) is 16.6 Å². The maximum Gasteiger partial charge on any atom is 0.245 e. The Morgan fingerprint density at radius 1 is 1.29 bits per heavy atom. The number of amides is 2. The molecule has 6 heteroatoms. The zero-order chi connectivity index (χ0) is 15.6. The first-order valence-corrected chi connectivity index (χ1v) is 7.72. The Balaban J connectivity index is 2.19. The summed E-state index contributed by atoms with van der Waals surface area (Å²) in [5, 5.41) is 0.882. The summed E-state index contributed by atoms with van der Waals surface area (Å²) in [5.41, 5.74) is 0.751. The van der Waals surface area contributed by atoms with E-state index in [1.165, 1.54) is 0 Å². The quantitative estimate of drug-likeness (QED) is 0.852. The number of benzene rings is 1. The van der Waals surface area contributed by atoms with E-state index in [0.717, 1.165) is 12.0 Å². The highest BCUT2D eigenvalue weighted by molar-refractivity contribution is 6.42. The molecule has 114 valence electrons. The molecule has 0 spiro atoms. The van der Waals surface area contributed by atoms with Crippen LogP contribution in [0.3, 0.4) is 0 Å². The molecule has 1 saturated heterocycles. The van der Waals surface area contributed by atoms with Crippen molar-refractivity contribution in [3.05, 3.63) is 33.8 Å². The third-order valence-corrected chi connectivity index (χ3v) is 4.51. The Morgan fingerprint density at radius 3 is 2.67 bits per heavy atom. The van der Waals surface area contributed by atoms with Crippen LogP contribution in [0.2, 0.25) is 10.0 Å². The van der Waals surface area contributed by atoms with Crippen molar-refractivity contribution < 1.29 is 9.59 Å². The van der Waals surface area contributed by atoms with Gasteiger partial charge in [0.2, 0.25) is 11.8 Å². The van der Waals surface area contributed by atoms with Gasteiger partial charge in [-0.1, -0.05) is 42.3 Å². The molecule has 0 bridgehead atoms. The zero-order valence-electron chi connectivity index (χ0n) is 12.1. The number of carbonyl (C=O) groups excluding carboxylic acids is 2. The lowest BCUT2D eigenvalue weighted by Gasteiger charge is -2.38. The van der Waals surface area contributed by atoms with Gasteiger partial charge < -0.3 is 9.80 Å². The van der Waals surface area contributed by atoms with E-state index in [2.05, 4.69) is 0 Å². The monoisotopic (exact) mass is 328 g/mol. The minimum Gasteiger partial charge on any atom is -0.332 e. The first kappa shape index (κ1) is 16.1. The molecule has 4 nitrogen and oxygen atoms in total. The number of halogens is 2. The van der Waals surface area contributed by atoms with Crippen LogP contribution in [0.5, 0.6) is 0 Å². The number of hydrogen-bond acceptors (Lipinski definition) is 2. The third-order valence-electron chi connectivity index (χ3n) is 3.65. The standard InChI is InChI=1S/C15H18Cl2N2O2/c1-3-7-18-9-13(20)19(10(2)15(18)21)8-11-5-4-6-12(16)14(11)17/h4-6,10H,3,7-9H2,1-2H3/t10-/m1/s1. The molecule has 0 unspecified atom stereocenters. The third kappa shape index (κ3) is 3.33. The van der Waals surface area contributed by atoms with E-state index in [1.54, 1.807) is 28.9 Å². The van der Waals surface area contributed by atoms with Gasteiger partial charge >= 0.3 is 0 Å². The first-order valence-electron chi connectivity index (χ1n) is 6.96. The SMILES string of the molecule is CCCN1CC(=O)N(Cc2cccc(Cl)c2Cl)[C@H](C)C1=O. The number of nitrogens with zero attached hydrogens (tertiary/aromatic N) is 2. The fourth-order valence-corrected chi connectivity index (χ4v) is 2.86. The van der Waals surface area contributed by atoms with E-state index in [0.29, 0.717) is 23.1 Å². The Labute approximate surface area is 134 Å². The van der Waals surface area contributed by atoms with Crippen LogP contribution in [-0.4, -0.2) is 40.7 Å². The van der Waals surface area contributed by atoms with Gasteiger partial charge in [0, 0.05) is 13.1 Å². The van der Waals surface area contributed by atoms with Crippen LogP contribution in [0.1, 0.15) is 25.8 Å². The molecule has 1 aromatic carbocycles. The van der Waals surface area contributed by atoms with Crippen molar-refractivity contribution in [1.82, 2.24) is 9.80 Å². The second-order valence-corrected chi connectivity index (χ2v) is 5.96. The summed E-state index contributed by atoms with van der Waals surface area (Å²) in [5.74, 6) is -0.0822. The molecule has 1 aliphatic rings. The Morgan fingerprint density at radius 2 is 2.00 bits per heavy atom. The fraction of sp³-hybridized carbons (Fsp3) is 0.467. The predicted molar refractivity (Wildman–Crippen MR) is 83.3 cm³/mol. The average Bonchev–Trinajstić information content (AvgIpc) is 2.45. The number of hydrogen-bond donors (Lipinski definition) is 0. The molecule has 1 atom stereocenters. The molecule has 21 heavy (non-hydrogen) atoms. The van der Waals surface area contributed by atoms with Crippen LogP contribution in [-0.2, 0) is 16.1 Å². The lowest BCUT2D eigenvalue weighted by atomic mass is 10.1. The summed E-state index contributed by atoms with van der Waals surface area (Å²) in [7, 11) is 0. The van der Waals surface area contributed by atoms with Crippen LogP contribution >= 0.6 is 23.2 Å². The molecule has 0 saturated carbocycles. The number of carbonyl (C=O) groups is 2. The van der Waals surface area contributed by atoms with Gasteiger partial charge in [-0.2, -0.15) is 0 Å². The van der Waals surface area contributed by atoms with Crippen LogP contribution in [0, 0.1) is 0 Å². The number of rotatable bonds is 4. The lowest BCUT2D eigenvalue weighted by molar-refractivity contribution is -0.155. The predicted octanol–water partition coefficient (Wildman–Crippen LogP) is 2.96. The van der Waals surface area contributed by atoms with Crippen molar-refractivity contribution in [3.8, 4) is 0 Å². The van der Waals surface area contributed by atoms with E-state index in [4.69, 9.17) is 23.2 Å². The average molecular weight is 329 g/mol. The van der Waals surface area contributed by atoms with E-state index < -0.39 is 6.04 Å². The van der Waals surface area contributed by atoms with Crippen molar-refractivity contribution in [1.29, 1.82) is 0 Å². The van der Waals surface area contributed by atoms with E-state index in [-0.39, 0.29) is 18.4 Å². The summed E-state index contributed by atoms with van der Waals surface area (Å²) < 4.78 is 0. The number of piperazine rings is 1. The lowest BCUT2D eigenvalue weighted by Crippen LogP contribution is -2.58. The van der Waals surface area contributed by atoms with Crippen LogP contribution in [0.25, 0.3) is 0 Å². The molecule has 1 aliphatic heterocycles. The molecule has 1 aromatic rings. The van der Waals surface area contributed by atoms with Crippen LogP contribution in [0.4, 0.5) is 0 Å². The largest absolute Gasteiger partial charge is 0.332 e. The van der Waals surface area contributed by atoms with E-state index >= 15 is 0 Å². The van der Waals surface area contributed by atoms with Gasteiger partial charge in [0.15, 0.2) is 0 Å². The summed E-state index contributed by atoms with van der Waals surface area (Å²) in [6.07, 6.45) is 0.839. The van der Waals surface area contributed by atoms with Crippen molar-refractivity contribution in [2.75, 3.05) is 13.1 Å².